The Balaban J connectivity index is 1.86. The highest BCUT2D eigenvalue weighted by atomic mass is 16.5. The van der Waals surface area contributed by atoms with Crippen LogP contribution in [0, 0.1) is 0 Å². The third-order valence-corrected chi connectivity index (χ3v) is 2.62. The van der Waals surface area contributed by atoms with Gasteiger partial charge in [0.25, 0.3) is 0 Å². The Labute approximate surface area is 82.0 Å². The maximum absolute atomic E-state index is 5.40. The van der Waals surface area contributed by atoms with Crippen LogP contribution in [0.1, 0.15) is 45.4 Å². The molecule has 1 heterocycles. The van der Waals surface area contributed by atoms with Crippen molar-refractivity contribution in [3.63, 3.8) is 0 Å². The standard InChI is InChI=1S/C11H23NO/c1-2-3-4-5-8-12-11-7-6-9-13-10-11/h11-12H,2-10H2,1H3. The van der Waals surface area contributed by atoms with E-state index in [0.29, 0.717) is 6.04 Å². The minimum Gasteiger partial charge on any atom is -0.380 e. The van der Waals surface area contributed by atoms with Crippen molar-refractivity contribution in [2.75, 3.05) is 19.8 Å². The van der Waals surface area contributed by atoms with Crippen LogP contribution < -0.4 is 5.32 Å². The van der Waals surface area contributed by atoms with Gasteiger partial charge >= 0.3 is 0 Å². The van der Waals surface area contributed by atoms with E-state index in [1.165, 1.54) is 45.1 Å². The van der Waals surface area contributed by atoms with E-state index in [0.717, 1.165) is 13.2 Å². The highest BCUT2D eigenvalue weighted by Gasteiger charge is 2.11. The Morgan fingerprint density at radius 2 is 2.23 bits per heavy atom. The van der Waals surface area contributed by atoms with E-state index in [1.807, 2.05) is 0 Å². The highest BCUT2D eigenvalue weighted by Crippen LogP contribution is 2.06. The quantitative estimate of drug-likeness (QED) is 0.641. The van der Waals surface area contributed by atoms with Crippen molar-refractivity contribution in [1.82, 2.24) is 5.32 Å². The molecule has 1 fully saturated rings. The Bertz CT molecular complexity index is 111. The number of unbranched alkanes of at least 4 members (excludes halogenated alkanes) is 3. The second-order valence-corrected chi connectivity index (χ2v) is 3.93. The summed E-state index contributed by atoms with van der Waals surface area (Å²) in [5.41, 5.74) is 0. The van der Waals surface area contributed by atoms with Crippen LogP contribution in [0.25, 0.3) is 0 Å². The molecule has 0 spiro atoms. The van der Waals surface area contributed by atoms with Gasteiger partial charge in [0.05, 0.1) is 6.61 Å². The van der Waals surface area contributed by atoms with Gasteiger partial charge in [0.1, 0.15) is 0 Å². The maximum Gasteiger partial charge on any atom is 0.0619 e. The summed E-state index contributed by atoms with van der Waals surface area (Å²) in [5, 5.41) is 3.56. The summed E-state index contributed by atoms with van der Waals surface area (Å²) in [6, 6.07) is 0.635. The lowest BCUT2D eigenvalue weighted by Crippen LogP contribution is -2.37. The average Bonchev–Trinajstić information content (AvgIpc) is 2.19. The zero-order valence-electron chi connectivity index (χ0n) is 8.85. The van der Waals surface area contributed by atoms with Crippen LogP contribution in [0.2, 0.25) is 0 Å². The van der Waals surface area contributed by atoms with Gasteiger partial charge in [0.15, 0.2) is 0 Å². The molecule has 1 rings (SSSR count). The molecule has 0 aromatic carbocycles. The first-order valence-corrected chi connectivity index (χ1v) is 5.74. The third kappa shape index (κ3) is 5.27. The molecule has 2 heteroatoms. The second-order valence-electron chi connectivity index (χ2n) is 3.93. The first-order chi connectivity index (χ1) is 6.43. The summed E-state index contributed by atoms with van der Waals surface area (Å²) in [6.07, 6.45) is 7.93. The lowest BCUT2D eigenvalue weighted by molar-refractivity contribution is 0.0704. The van der Waals surface area contributed by atoms with Crippen LogP contribution in [-0.2, 0) is 4.74 Å². The van der Waals surface area contributed by atoms with Crippen molar-refractivity contribution in [1.29, 1.82) is 0 Å². The zero-order chi connectivity index (χ0) is 9.36. The fraction of sp³-hybridized carbons (Fsp3) is 1.00. The summed E-state index contributed by atoms with van der Waals surface area (Å²) >= 11 is 0. The monoisotopic (exact) mass is 185 g/mol. The summed E-state index contributed by atoms with van der Waals surface area (Å²) in [7, 11) is 0. The van der Waals surface area contributed by atoms with E-state index in [2.05, 4.69) is 12.2 Å². The molecule has 1 unspecified atom stereocenters. The Morgan fingerprint density at radius 3 is 2.92 bits per heavy atom. The van der Waals surface area contributed by atoms with Crippen molar-refractivity contribution in [3.05, 3.63) is 0 Å². The van der Waals surface area contributed by atoms with Crippen LogP contribution in [0.4, 0.5) is 0 Å². The lowest BCUT2D eigenvalue weighted by Gasteiger charge is -2.23. The third-order valence-electron chi connectivity index (χ3n) is 2.62. The van der Waals surface area contributed by atoms with Crippen LogP contribution in [0.15, 0.2) is 0 Å². The second kappa shape index (κ2) is 7.34. The molecule has 1 aliphatic rings. The number of hydrogen-bond acceptors (Lipinski definition) is 2. The number of nitrogens with one attached hydrogen (secondary N) is 1. The molecule has 0 amide bonds. The predicted molar refractivity (Wildman–Crippen MR) is 56.0 cm³/mol. The summed E-state index contributed by atoms with van der Waals surface area (Å²) in [6.45, 7) is 5.32. The predicted octanol–water partition coefficient (Wildman–Crippen LogP) is 2.34. The first kappa shape index (κ1) is 11.0. The SMILES string of the molecule is CCCCCCNC1CCCOC1. The molecule has 13 heavy (non-hydrogen) atoms. The number of rotatable bonds is 6. The van der Waals surface area contributed by atoms with Gasteiger partial charge in [-0.25, -0.2) is 0 Å². The van der Waals surface area contributed by atoms with Gasteiger partial charge < -0.3 is 10.1 Å². The van der Waals surface area contributed by atoms with Crippen molar-refractivity contribution in [2.24, 2.45) is 0 Å². The molecule has 0 bridgehead atoms. The highest BCUT2D eigenvalue weighted by molar-refractivity contribution is 4.69. The molecule has 2 nitrogen and oxygen atoms in total. The maximum atomic E-state index is 5.40. The molecule has 1 saturated heterocycles. The van der Waals surface area contributed by atoms with E-state index in [1.54, 1.807) is 0 Å². The molecule has 1 atom stereocenters. The van der Waals surface area contributed by atoms with Crippen molar-refractivity contribution < 1.29 is 4.74 Å². The van der Waals surface area contributed by atoms with Crippen LogP contribution in [0.5, 0.6) is 0 Å². The fourth-order valence-electron chi connectivity index (χ4n) is 1.76. The Morgan fingerprint density at radius 1 is 1.31 bits per heavy atom. The zero-order valence-corrected chi connectivity index (χ0v) is 8.85. The number of hydrogen-bond donors (Lipinski definition) is 1. The summed E-state index contributed by atoms with van der Waals surface area (Å²) in [4.78, 5) is 0. The molecular formula is C11H23NO. The molecule has 1 N–H and O–H groups in total. The van der Waals surface area contributed by atoms with Crippen LogP contribution >= 0.6 is 0 Å². The molecule has 78 valence electrons. The van der Waals surface area contributed by atoms with E-state index >= 15 is 0 Å². The van der Waals surface area contributed by atoms with Crippen LogP contribution in [-0.4, -0.2) is 25.8 Å². The van der Waals surface area contributed by atoms with Gasteiger partial charge in [-0.3, -0.25) is 0 Å². The number of ether oxygens (including phenoxy) is 1. The first-order valence-electron chi connectivity index (χ1n) is 5.74. The van der Waals surface area contributed by atoms with Crippen LogP contribution in [0.3, 0.4) is 0 Å². The summed E-state index contributed by atoms with van der Waals surface area (Å²) in [5.74, 6) is 0. The van der Waals surface area contributed by atoms with Gasteiger partial charge in [-0.2, -0.15) is 0 Å². The van der Waals surface area contributed by atoms with Gasteiger partial charge in [-0.05, 0) is 25.8 Å². The Kier molecular flexibility index (Phi) is 6.21. The minimum atomic E-state index is 0.635. The van der Waals surface area contributed by atoms with E-state index < -0.39 is 0 Å². The molecule has 0 aromatic rings. The fourth-order valence-corrected chi connectivity index (χ4v) is 1.76. The molecule has 1 aliphatic heterocycles. The molecular weight excluding hydrogens is 162 g/mol. The van der Waals surface area contributed by atoms with Gasteiger partial charge in [0.2, 0.25) is 0 Å². The van der Waals surface area contributed by atoms with Crippen molar-refractivity contribution in [3.8, 4) is 0 Å². The molecule has 0 saturated carbocycles. The topological polar surface area (TPSA) is 21.3 Å². The smallest absolute Gasteiger partial charge is 0.0619 e. The van der Waals surface area contributed by atoms with Gasteiger partial charge in [-0.1, -0.05) is 26.2 Å². The average molecular weight is 185 g/mol. The molecule has 0 aromatic heterocycles. The van der Waals surface area contributed by atoms with E-state index in [4.69, 9.17) is 4.74 Å². The molecule has 0 radical (unpaired) electrons. The summed E-state index contributed by atoms with van der Waals surface area (Å²) < 4.78 is 5.40. The van der Waals surface area contributed by atoms with Gasteiger partial charge in [-0.15, -0.1) is 0 Å². The lowest BCUT2D eigenvalue weighted by atomic mass is 10.1. The molecule has 0 aliphatic carbocycles. The Hall–Kier alpha value is -0.0800. The van der Waals surface area contributed by atoms with Gasteiger partial charge in [0, 0.05) is 12.6 Å². The van der Waals surface area contributed by atoms with E-state index in [-0.39, 0.29) is 0 Å². The normalized spacial score (nSPS) is 23.3. The largest absolute Gasteiger partial charge is 0.380 e. The minimum absolute atomic E-state index is 0.635. The van der Waals surface area contributed by atoms with Crippen molar-refractivity contribution >= 4 is 0 Å². The van der Waals surface area contributed by atoms with E-state index in [9.17, 15) is 0 Å². The van der Waals surface area contributed by atoms with Crippen molar-refractivity contribution in [2.45, 2.75) is 51.5 Å².